The summed E-state index contributed by atoms with van der Waals surface area (Å²) in [5.74, 6) is 0.915. The number of nitrogens with zero attached hydrogens (tertiary/aromatic N) is 1. The predicted octanol–water partition coefficient (Wildman–Crippen LogP) is 3.57. The highest BCUT2D eigenvalue weighted by atomic mass is 14.9. The number of aryl methyl sites for hydroxylation is 1. The highest BCUT2D eigenvalue weighted by Gasteiger charge is 2.23. The average molecular weight is 246 g/mol. The molecule has 0 aliphatic heterocycles. The normalized spacial score (nSPS) is 18.1. The molecule has 1 fully saturated rings. The molecule has 1 heterocycles. The van der Waals surface area contributed by atoms with E-state index in [4.69, 9.17) is 0 Å². The van der Waals surface area contributed by atoms with Crippen molar-refractivity contribution in [1.82, 2.24) is 10.3 Å². The molecule has 1 aromatic rings. The molecule has 0 radical (unpaired) electrons. The minimum Gasteiger partial charge on any atom is -0.314 e. The van der Waals surface area contributed by atoms with Crippen molar-refractivity contribution in [3.8, 4) is 0 Å². The van der Waals surface area contributed by atoms with E-state index in [0.29, 0.717) is 0 Å². The van der Waals surface area contributed by atoms with Gasteiger partial charge in [-0.25, -0.2) is 0 Å². The van der Waals surface area contributed by atoms with Crippen LogP contribution in [0.5, 0.6) is 0 Å². The Hall–Kier alpha value is -0.890. The summed E-state index contributed by atoms with van der Waals surface area (Å²) in [7, 11) is 0. The third kappa shape index (κ3) is 4.09. The van der Waals surface area contributed by atoms with Gasteiger partial charge < -0.3 is 5.32 Å². The van der Waals surface area contributed by atoms with Crippen LogP contribution in [0.3, 0.4) is 0 Å². The van der Waals surface area contributed by atoms with Gasteiger partial charge in [-0.05, 0) is 62.3 Å². The highest BCUT2D eigenvalue weighted by Crippen LogP contribution is 2.29. The lowest BCUT2D eigenvalue weighted by atomic mass is 9.92. The highest BCUT2D eigenvalue weighted by molar-refractivity contribution is 5.10. The van der Waals surface area contributed by atoms with Gasteiger partial charge in [0, 0.05) is 18.4 Å². The van der Waals surface area contributed by atoms with Crippen LogP contribution in [0, 0.1) is 5.92 Å². The molecule has 0 saturated heterocycles. The molecule has 0 aromatic carbocycles. The van der Waals surface area contributed by atoms with E-state index in [1.54, 1.807) is 0 Å². The zero-order valence-corrected chi connectivity index (χ0v) is 11.6. The van der Waals surface area contributed by atoms with E-state index in [-0.39, 0.29) is 0 Å². The first-order valence-corrected chi connectivity index (χ1v) is 7.52. The number of hydrogen-bond acceptors (Lipinski definition) is 2. The Morgan fingerprint density at radius 2 is 2.00 bits per heavy atom. The summed E-state index contributed by atoms with van der Waals surface area (Å²) in [6.07, 6.45) is 13.2. The minimum absolute atomic E-state index is 0.723. The number of pyridine rings is 1. The Morgan fingerprint density at radius 3 is 2.67 bits per heavy atom. The topological polar surface area (TPSA) is 24.9 Å². The Labute approximate surface area is 111 Å². The smallest absolute Gasteiger partial charge is 0.0270 e. The van der Waals surface area contributed by atoms with Crippen molar-refractivity contribution >= 4 is 0 Å². The second-order valence-corrected chi connectivity index (χ2v) is 5.50. The number of aromatic nitrogens is 1. The van der Waals surface area contributed by atoms with Crippen LogP contribution >= 0.6 is 0 Å². The molecule has 1 aliphatic rings. The first-order chi connectivity index (χ1) is 8.90. The summed E-state index contributed by atoms with van der Waals surface area (Å²) in [6.45, 7) is 3.42. The lowest BCUT2D eigenvalue weighted by Crippen LogP contribution is -2.36. The molecule has 1 aliphatic carbocycles. The third-order valence-electron chi connectivity index (χ3n) is 4.12. The molecular formula is C16H26N2. The fourth-order valence-corrected chi connectivity index (χ4v) is 3.07. The molecule has 2 heteroatoms. The van der Waals surface area contributed by atoms with E-state index in [0.717, 1.165) is 18.5 Å². The van der Waals surface area contributed by atoms with Crippen LogP contribution in [0.25, 0.3) is 0 Å². The van der Waals surface area contributed by atoms with E-state index >= 15 is 0 Å². The zero-order chi connectivity index (χ0) is 12.6. The van der Waals surface area contributed by atoms with Gasteiger partial charge in [0.2, 0.25) is 0 Å². The van der Waals surface area contributed by atoms with Crippen molar-refractivity contribution < 1.29 is 0 Å². The van der Waals surface area contributed by atoms with Crippen LogP contribution in [0.4, 0.5) is 0 Å². The van der Waals surface area contributed by atoms with Crippen molar-refractivity contribution in [2.24, 2.45) is 5.92 Å². The predicted molar refractivity (Wildman–Crippen MR) is 76.6 cm³/mol. The molecule has 1 aromatic heterocycles. The standard InChI is InChI=1S/C16H26N2/c1-2-11-18-16(15-5-3-4-6-15)8-7-14-9-12-17-13-10-14/h9-10,12-13,15-16,18H,2-8,11H2,1H3. The molecule has 1 atom stereocenters. The maximum absolute atomic E-state index is 4.08. The van der Waals surface area contributed by atoms with Gasteiger partial charge in [0.15, 0.2) is 0 Å². The zero-order valence-electron chi connectivity index (χ0n) is 11.6. The van der Waals surface area contributed by atoms with Gasteiger partial charge in [-0.2, -0.15) is 0 Å². The molecule has 0 bridgehead atoms. The molecule has 100 valence electrons. The van der Waals surface area contributed by atoms with Gasteiger partial charge in [-0.3, -0.25) is 4.98 Å². The number of rotatable bonds is 7. The lowest BCUT2D eigenvalue weighted by molar-refractivity contribution is 0.341. The van der Waals surface area contributed by atoms with Crippen molar-refractivity contribution in [2.75, 3.05) is 6.54 Å². The summed E-state index contributed by atoms with van der Waals surface area (Å²) in [4.78, 5) is 4.08. The monoisotopic (exact) mass is 246 g/mol. The molecule has 0 amide bonds. The fourth-order valence-electron chi connectivity index (χ4n) is 3.07. The number of hydrogen-bond donors (Lipinski definition) is 1. The van der Waals surface area contributed by atoms with Crippen LogP contribution < -0.4 is 5.32 Å². The Balaban J connectivity index is 1.84. The third-order valence-corrected chi connectivity index (χ3v) is 4.12. The quantitative estimate of drug-likeness (QED) is 0.795. The Morgan fingerprint density at radius 1 is 1.28 bits per heavy atom. The molecule has 1 N–H and O–H groups in total. The summed E-state index contributed by atoms with van der Waals surface area (Å²) in [6, 6.07) is 5.01. The van der Waals surface area contributed by atoms with E-state index in [2.05, 4.69) is 29.4 Å². The van der Waals surface area contributed by atoms with Crippen LogP contribution in [-0.4, -0.2) is 17.6 Å². The van der Waals surface area contributed by atoms with Crippen molar-refractivity contribution in [3.63, 3.8) is 0 Å². The van der Waals surface area contributed by atoms with Crippen molar-refractivity contribution in [1.29, 1.82) is 0 Å². The van der Waals surface area contributed by atoms with Gasteiger partial charge in [-0.15, -0.1) is 0 Å². The van der Waals surface area contributed by atoms with Gasteiger partial charge in [0.25, 0.3) is 0 Å². The van der Waals surface area contributed by atoms with Crippen LogP contribution in [0.15, 0.2) is 24.5 Å². The van der Waals surface area contributed by atoms with E-state index < -0.39 is 0 Å². The number of nitrogens with one attached hydrogen (secondary N) is 1. The van der Waals surface area contributed by atoms with E-state index in [1.807, 2.05) is 12.4 Å². The molecule has 1 saturated carbocycles. The largest absolute Gasteiger partial charge is 0.314 e. The van der Waals surface area contributed by atoms with E-state index in [1.165, 1.54) is 50.5 Å². The Bertz CT molecular complexity index is 317. The summed E-state index contributed by atoms with van der Waals surface area (Å²) in [5, 5.41) is 3.77. The van der Waals surface area contributed by atoms with Crippen molar-refractivity contribution in [3.05, 3.63) is 30.1 Å². The second-order valence-electron chi connectivity index (χ2n) is 5.50. The SMILES string of the molecule is CCCNC(CCc1ccncc1)C1CCCC1. The average Bonchev–Trinajstić information content (AvgIpc) is 2.94. The first kappa shape index (κ1) is 13.5. The van der Waals surface area contributed by atoms with Crippen LogP contribution in [0.2, 0.25) is 0 Å². The molecule has 1 unspecified atom stereocenters. The van der Waals surface area contributed by atoms with Crippen LogP contribution in [-0.2, 0) is 6.42 Å². The van der Waals surface area contributed by atoms with Crippen LogP contribution in [0.1, 0.15) is 51.0 Å². The maximum Gasteiger partial charge on any atom is 0.0270 e. The molecule has 2 nitrogen and oxygen atoms in total. The van der Waals surface area contributed by atoms with Crippen molar-refractivity contribution in [2.45, 2.75) is 57.9 Å². The molecule has 2 rings (SSSR count). The molecular weight excluding hydrogens is 220 g/mol. The first-order valence-electron chi connectivity index (χ1n) is 7.52. The van der Waals surface area contributed by atoms with E-state index in [9.17, 15) is 0 Å². The van der Waals surface area contributed by atoms with Gasteiger partial charge in [0.1, 0.15) is 0 Å². The van der Waals surface area contributed by atoms with Gasteiger partial charge >= 0.3 is 0 Å². The molecule has 18 heavy (non-hydrogen) atoms. The minimum atomic E-state index is 0.723. The summed E-state index contributed by atoms with van der Waals surface area (Å²) < 4.78 is 0. The summed E-state index contributed by atoms with van der Waals surface area (Å²) >= 11 is 0. The van der Waals surface area contributed by atoms with Gasteiger partial charge in [-0.1, -0.05) is 19.8 Å². The maximum atomic E-state index is 4.08. The Kier molecular flexibility index (Phi) is 5.66. The van der Waals surface area contributed by atoms with Gasteiger partial charge in [0.05, 0.1) is 0 Å². The second kappa shape index (κ2) is 7.52. The lowest BCUT2D eigenvalue weighted by Gasteiger charge is -2.24. The summed E-state index contributed by atoms with van der Waals surface area (Å²) in [5.41, 5.74) is 1.42. The molecule has 0 spiro atoms. The fraction of sp³-hybridized carbons (Fsp3) is 0.688.